The molecule has 0 aliphatic heterocycles. The molecule has 0 aromatic heterocycles. The van der Waals surface area contributed by atoms with Crippen LogP contribution < -0.4 is 0 Å². The molecule has 0 aromatic rings. The molecular formula is C9H18Fe. The fourth-order valence-corrected chi connectivity index (χ4v) is 0.892. The Kier molecular flexibility index (Phi) is 15.5. The van der Waals surface area contributed by atoms with Gasteiger partial charge in [0, 0.05) is 17.1 Å². The topological polar surface area (TPSA) is 0 Å². The van der Waals surface area contributed by atoms with Gasteiger partial charge in [-0.05, 0) is 12.8 Å². The Hall–Kier alpha value is 0.259. The zero-order chi connectivity index (χ0) is 6.95. The second kappa shape index (κ2) is 12.0. The monoisotopic (exact) mass is 182 g/mol. The van der Waals surface area contributed by atoms with Gasteiger partial charge in [0.15, 0.2) is 0 Å². The van der Waals surface area contributed by atoms with Crippen molar-refractivity contribution in [3.05, 3.63) is 12.7 Å². The summed E-state index contributed by atoms with van der Waals surface area (Å²) in [6.07, 6.45) is 10.1. The molecule has 10 heavy (non-hydrogen) atoms. The molecule has 0 saturated carbocycles. The minimum Gasteiger partial charge on any atom is -0.103 e. The van der Waals surface area contributed by atoms with E-state index in [4.69, 9.17) is 0 Å². The van der Waals surface area contributed by atoms with Crippen molar-refractivity contribution in [2.45, 2.75) is 45.4 Å². The Morgan fingerprint density at radius 3 is 2.20 bits per heavy atom. The van der Waals surface area contributed by atoms with Crippen molar-refractivity contribution in [2.24, 2.45) is 0 Å². The molecule has 0 aliphatic rings. The largest absolute Gasteiger partial charge is 0.103 e. The van der Waals surface area contributed by atoms with E-state index in [-0.39, 0.29) is 17.1 Å². The van der Waals surface area contributed by atoms with E-state index in [1.54, 1.807) is 0 Å². The Morgan fingerprint density at radius 1 is 1.10 bits per heavy atom. The summed E-state index contributed by atoms with van der Waals surface area (Å²) in [6.45, 7) is 5.92. The van der Waals surface area contributed by atoms with Crippen molar-refractivity contribution in [1.29, 1.82) is 0 Å². The third-order valence-corrected chi connectivity index (χ3v) is 1.51. The van der Waals surface area contributed by atoms with Gasteiger partial charge in [0.05, 0.1) is 0 Å². The van der Waals surface area contributed by atoms with Gasteiger partial charge in [0.25, 0.3) is 0 Å². The molecule has 0 aliphatic carbocycles. The minimum atomic E-state index is 0. The summed E-state index contributed by atoms with van der Waals surface area (Å²) in [7, 11) is 0. The van der Waals surface area contributed by atoms with Crippen molar-refractivity contribution in [3.63, 3.8) is 0 Å². The van der Waals surface area contributed by atoms with Crippen molar-refractivity contribution in [2.75, 3.05) is 0 Å². The Morgan fingerprint density at radius 2 is 1.70 bits per heavy atom. The predicted molar refractivity (Wildman–Crippen MR) is 43.6 cm³/mol. The molecule has 0 fully saturated rings. The molecule has 0 bridgehead atoms. The van der Waals surface area contributed by atoms with Crippen LogP contribution >= 0.6 is 0 Å². The van der Waals surface area contributed by atoms with Crippen LogP contribution in [-0.4, -0.2) is 0 Å². The maximum atomic E-state index is 3.68. The van der Waals surface area contributed by atoms with Crippen LogP contribution in [-0.2, 0) is 17.1 Å². The first kappa shape index (κ1) is 12.9. The molecule has 0 radical (unpaired) electrons. The van der Waals surface area contributed by atoms with Crippen LogP contribution in [0, 0.1) is 0 Å². The third kappa shape index (κ3) is 11.1. The molecular weight excluding hydrogens is 164 g/mol. The molecule has 0 nitrogen and oxygen atoms in total. The number of hydrogen-bond acceptors (Lipinski definition) is 0. The zero-order valence-corrected chi connectivity index (χ0v) is 7.98. The van der Waals surface area contributed by atoms with Gasteiger partial charge >= 0.3 is 0 Å². The Bertz CT molecular complexity index is 59.7. The summed E-state index contributed by atoms with van der Waals surface area (Å²) >= 11 is 0. The maximum Gasteiger partial charge on any atom is 0 e. The van der Waals surface area contributed by atoms with Crippen LogP contribution in [0.4, 0.5) is 0 Å². The number of rotatable bonds is 6. The van der Waals surface area contributed by atoms with Crippen LogP contribution in [0.25, 0.3) is 0 Å². The molecule has 1 heteroatoms. The van der Waals surface area contributed by atoms with Crippen molar-refractivity contribution in [1.82, 2.24) is 0 Å². The quantitative estimate of drug-likeness (QED) is 0.335. The Labute approximate surface area is 75.6 Å². The second-order valence-electron chi connectivity index (χ2n) is 2.49. The van der Waals surface area contributed by atoms with E-state index >= 15 is 0 Å². The summed E-state index contributed by atoms with van der Waals surface area (Å²) in [5.74, 6) is 0. The number of allylic oxidation sites excluding steroid dienone is 1. The molecule has 0 amide bonds. The fourth-order valence-electron chi connectivity index (χ4n) is 0.892. The Balaban J connectivity index is 0. The summed E-state index contributed by atoms with van der Waals surface area (Å²) in [4.78, 5) is 0. The number of unbranched alkanes of at least 4 members (excludes halogenated alkanes) is 5. The smallest absolute Gasteiger partial charge is 0 e. The fraction of sp³-hybridized carbons (Fsp3) is 0.778. The first-order valence-corrected chi connectivity index (χ1v) is 4.02. The van der Waals surface area contributed by atoms with E-state index in [1.165, 1.54) is 38.5 Å². The van der Waals surface area contributed by atoms with Crippen LogP contribution in [0.15, 0.2) is 12.7 Å². The van der Waals surface area contributed by atoms with Gasteiger partial charge in [-0.25, -0.2) is 0 Å². The van der Waals surface area contributed by atoms with Gasteiger partial charge in [-0.2, -0.15) is 0 Å². The molecule has 0 atom stereocenters. The maximum absolute atomic E-state index is 3.68. The van der Waals surface area contributed by atoms with Crippen LogP contribution in [0.5, 0.6) is 0 Å². The normalized spacial score (nSPS) is 8.50. The van der Waals surface area contributed by atoms with E-state index in [2.05, 4.69) is 13.5 Å². The standard InChI is InChI=1S/C9H18.Fe/c1-3-5-7-9-8-6-4-2;/h3H,1,4-9H2,2H3;. The van der Waals surface area contributed by atoms with Gasteiger partial charge in [0.2, 0.25) is 0 Å². The molecule has 0 saturated heterocycles. The molecule has 0 aromatic carbocycles. The first-order valence-electron chi connectivity index (χ1n) is 4.02. The van der Waals surface area contributed by atoms with Gasteiger partial charge in [0.1, 0.15) is 0 Å². The van der Waals surface area contributed by atoms with E-state index < -0.39 is 0 Å². The van der Waals surface area contributed by atoms with Crippen LogP contribution in [0.3, 0.4) is 0 Å². The summed E-state index contributed by atoms with van der Waals surface area (Å²) < 4.78 is 0. The summed E-state index contributed by atoms with van der Waals surface area (Å²) in [6, 6.07) is 0. The average Bonchev–Trinajstić information content (AvgIpc) is 1.89. The summed E-state index contributed by atoms with van der Waals surface area (Å²) in [5, 5.41) is 0. The zero-order valence-electron chi connectivity index (χ0n) is 6.88. The van der Waals surface area contributed by atoms with E-state index in [0.717, 1.165) is 0 Å². The van der Waals surface area contributed by atoms with Crippen LogP contribution in [0.2, 0.25) is 0 Å². The minimum absolute atomic E-state index is 0. The summed E-state index contributed by atoms with van der Waals surface area (Å²) in [5.41, 5.74) is 0. The number of hydrogen-bond donors (Lipinski definition) is 0. The van der Waals surface area contributed by atoms with Crippen molar-refractivity contribution in [3.8, 4) is 0 Å². The van der Waals surface area contributed by atoms with Gasteiger partial charge in [-0.3, -0.25) is 0 Å². The molecule has 0 unspecified atom stereocenters. The van der Waals surface area contributed by atoms with E-state index in [1.807, 2.05) is 6.08 Å². The third-order valence-electron chi connectivity index (χ3n) is 1.51. The molecule has 0 rings (SSSR count). The van der Waals surface area contributed by atoms with Crippen molar-refractivity contribution < 1.29 is 17.1 Å². The van der Waals surface area contributed by atoms with Crippen LogP contribution in [0.1, 0.15) is 45.4 Å². The molecule has 0 spiro atoms. The SMILES string of the molecule is C=CCCCCCCC.[Fe]. The average molecular weight is 182 g/mol. The van der Waals surface area contributed by atoms with Gasteiger partial charge < -0.3 is 0 Å². The van der Waals surface area contributed by atoms with Gasteiger partial charge in [-0.1, -0.05) is 38.7 Å². The van der Waals surface area contributed by atoms with E-state index in [9.17, 15) is 0 Å². The van der Waals surface area contributed by atoms with E-state index in [0.29, 0.717) is 0 Å². The molecule has 62 valence electrons. The van der Waals surface area contributed by atoms with Gasteiger partial charge in [-0.15, -0.1) is 6.58 Å². The second-order valence-corrected chi connectivity index (χ2v) is 2.49. The molecule has 0 N–H and O–H groups in total. The first-order chi connectivity index (χ1) is 4.41. The van der Waals surface area contributed by atoms with Crippen molar-refractivity contribution >= 4 is 0 Å². The molecule has 0 heterocycles. The predicted octanol–water partition coefficient (Wildman–Crippen LogP) is 3.53.